The summed E-state index contributed by atoms with van der Waals surface area (Å²) in [6.07, 6.45) is -4.85. The maximum absolute atomic E-state index is 13.1. The van der Waals surface area contributed by atoms with E-state index in [4.69, 9.17) is 11.6 Å². The lowest BCUT2D eigenvalue weighted by Crippen LogP contribution is -2.18. The largest absolute Gasteiger partial charge is 0.418 e. The molecule has 0 radical (unpaired) electrons. The number of nitro groups is 1. The topological polar surface area (TPSA) is 85.1 Å². The second-order valence-corrected chi connectivity index (χ2v) is 8.10. The number of rotatable bonds is 5. The Labute approximate surface area is 168 Å². The SMILES string of the molecule is O=C(CSc1nc2cc(Cl)ccc2s1)Nc1ccc([N+](=O)[O-])cc1C(F)(F)F. The van der Waals surface area contributed by atoms with E-state index in [9.17, 15) is 28.1 Å². The van der Waals surface area contributed by atoms with Crippen molar-refractivity contribution in [3.63, 3.8) is 0 Å². The Morgan fingerprint density at radius 3 is 2.71 bits per heavy atom. The number of non-ortho nitro benzene ring substituents is 1. The normalized spacial score (nSPS) is 11.6. The van der Waals surface area contributed by atoms with Gasteiger partial charge in [-0.1, -0.05) is 23.4 Å². The number of carbonyl (C=O) groups excluding carboxylic acids is 1. The predicted molar refractivity (Wildman–Crippen MR) is 102 cm³/mol. The number of nitrogens with one attached hydrogen (secondary N) is 1. The zero-order valence-corrected chi connectivity index (χ0v) is 16.0. The third-order valence-electron chi connectivity index (χ3n) is 3.45. The number of aromatic nitrogens is 1. The second kappa shape index (κ2) is 7.94. The van der Waals surface area contributed by atoms with Gasteiger partial charge >= 0.3 is 6.18 Å². The number of fused-ring (bicyclic) bond motifs is 1. The molecule has 1 heterocycles. The minimum atomic E-state index is -4.85. The number of nitro benzene ring substituents is 1. The Kier molecular flexibility index (Phi) is 5.77. The molecule has 0 spiro atoms. The summed E-state index contributed by atoms with van der Waals surface area (Å²) >= 11 is 8.28. The summed E-state index contributed by atoms with van der Waals surface area (Å²) in [5.74, 6) is -0.872. The van der Waals surface area contributed by atoms with Crippen LogP contribution in [0.3, 0.4) is 0 Å². The van der Waals surface area contributed by atoms with Crippen LogP contribution in [0.5, 0.6) is 0 Å². The van der Waals surface area contributed by atoms with Gasteiger partial charge in [0.15, 0.2) is 4.34 Å². The van der Waals surface area contributed by atoms with Crippen molar-refractivity contribution in [2.45, 2.75) is 10.5 Å². The maximum Gasteiger partial charge on any atom is 0.418 e. The molecule has 1 amide bonds. The van der Waals surface area contributed by atoms with E-state index in [1.165, 1.54) is 11.3 Å². The third-order valence-corrected chi connectivity index (χ3v) is 5.86. The molecule has 0 aliphatic carbocycles. The van der Waals surface area contributed by atoms with Crippen LogP contribution in [0.1, 0.15) is 5.56 Å². The molecule has 12 heteroatoms. The van der Waals surface area contributed by atoms with Gasteiger partial charge in [0, 0.05) is 17.2 Å². The lowest BCUT2D eigenvalue weighted by Gasteiger charge is -2.13. The fourth-order valence-electron chi connectivity index (χ4n) is 2.24. The number of hydrogen-bond donors (Lipinski definition) is 1. The first-order valence-corrected chi connectivity index (χ1v) is 9.66. The second-order valence-electron chi connectivity index (χ2n) is 5.41. The molecule has 0 bridgehead atoms. The van der Waals surface area contributed by atoms with Crippen LogP contribution in [-0.4, -0.2) is 21.6 Å². The molecule has 0 fully saturated rings. The molecule has 0 unspecified atom stereocenters. The minimum absolute atomic E-state index is 0.179. The molecule has 3 aromatic rings. The van der Waals surface area contributed by atoms with E-state index < -0.39 is 33.9 Å². The molecule has 0 aliphatic rings. The molecule has 3 rings (SSSR count). The fraction of sp³-hybridized carbons (Fsp3) is 0.125. The van der Waals surface area contributed by atoms with E-state index in [0.717, 1.165) is 28.6 Å². The molecule has 2 aromatic carbocycles. The summed E-state index contributed by atoms with van der Waals surface area (Å²) in [4.78, 5) is 26.1. The van der Waals surface area contributed by atoms with Gasteiger partial charge in [-0.25, -0.2) is 4.98 Å². The number of benzene rings is 2. The van der Waals surface area contributed by atoms with Crippen molar-refractivity contribution in [3.8, 4) is 0 Å². The van der Waals surface area contributed by atoms with Gasteiger partial charge in [-0.2, -0.15) is 13.2 Å². The van der Waals surface area contributed by atoms with Crippen LogP contribution in [0.25, 0.3) is 10.2 Å². The van der Waals surface area contributed by atoms with E-state index in [1.54, 1.807) is 18.2 Å². The molecule has 0 saturated carbocycles. The van der Waals surface area contributed by atoms with Crippen LogP contribution in [0.15, 0.2) is 40.7 Å². The molecule has 0 aliphatic heterocycles. The number of amides is 1. The van der Waals surface area contributed by atoms with Gasteiger partial charge in [0.2, 0.25) is 5.91 Å². The maximum atomic E-state index is 13.1. The van der Waals surface area contributed by atoms with Crippen LogP contribution in [0, 0.1) is 10.1 Å². The zero-order valence-electron chi connectivity index (χ0n) is 13.6. The van der Waals surface area contributed by atoms with E-state index in [1.807, 2.05) is 0 Å². The number of nitrogens with zero attached hydrogens (tertiary/aromatic N) is 2. The van der Waals surface area contributed by atoms with Crippen LogP contribution in [-0.2, 0) is 11.0 Å². The van der Waals surface area contributed by atoms with Crippen molar-refractivity contribution in [3.05, 3.63) is 57.1 Å². The van der Waals surface area contributed by atoms with Crippen LogP contribution in [0.4, 0.5) is 24.5 Å². The van der Waals surface area contributed by atoms with Gasteiger partial charge in [-0.05, 0) is 24.3 Å². The smallest absolute Gasteiger partial charge is 0.325 e. The first-order chi connectivity index (χ1) is 13.1. The number of hydrogen-bond acceptors (Lipinski definition) is 6. The summed E-state index contributed by atoms with van der Waals surface area (Å²) in [6, 6.07) is 7.31. The zero-order chi connectivity index (χ0) is 20.5. The van der Waals surface area contributed by atoms with Crippen molar-refractivity contribution in [1.29, 1.82) is 0 Å². The first kappa shape index (κ1) is 20.4. The van der Waals surface area contributed by atoms with E-state index in [0.29, 0.717) is 20.9 Å². The summed E-state index contributed by atoms with van der Waals surface area (Å²) in [6.45, 7) is 0. The lowest BCUT2D eigenvalue weighted by molar-refractivity contribution is -0.385. The Balaban J connectivity index is 1.72. The third kappa shape index (κ3) is 4.72. The minimum Gasteiger partial charge on any atom is -0.325 e. The molecule has 6 nitrogen and oxygen atoms in total. The molecule has 0 saturated heterocycles. The number of anilines is 1. The Morgan fingerprint density at radius 1 is 1.29 bits per heavy atom. The average molecular weight is 448 g/mol. The number of carbonyl (C=O) groups is 1. The standard InChI is InChI=1S/C16H9ClF3N3O3S2/c17-8-1-4-13-12(5-8)22-15(28-13)27-7-14(24)21-11-3-2-9(23(25)26)6-10(11)16(18,19)20/h1-6H,7H2,(H,21,24). The number of thiazole rings is 1. The van der Waals surface area contributed by atoms with Crippen molar-refractivity contribution in [2.24, 2.45) is 0 Å². The Hall–Kier alpha value is -2.37. The van der Waals surface area contributed by atoms with Crippen LogP contribution >= 0.6 is 34.7 Å². The summed E-state index contributed by atoms with van der Waals surface area (Å²) in [5.41, 5.74) is -1.88. The number of alkyl halides is 3. The predicted octanol–water partition coefficient (Wildman–Crippen LogP) is 5.61. The fourth-order valence-corrected chi connectivity index (χ4v) is 4.26. The first-order valence-electron chi connectivity index (χ1n) is 7.48. The summed E-state index contributed by atoms with van der Waals surface area (Å²) in [7, 11) is 0. The molecule has 1 N–H and O–H groups in total. The molecule has 28 heavy (non-hydrogen) atoms. The van der Waals surface area contributed by atoms with E-state index in [2.05, 4.69) is 10.3 Å². The van der Waals surface area contributed by atoms with Gasteiger partial charge in [0.25, 0.3) is 5.69 Å². The quantitative estimate of drug-likeness (QED) is 0.312. The average Bonchev–Trinajstić information content (AvgIpc) is 3.01. The highest BCUT2D eigenvalue weighted by Gasteiger charge is 2.35. The lowest BCUT2D eigenvalue weighted by atomic mass is 10.1. The number of thioether (sulfide) groups is 1. The van der Waals surface area contributed by atoms with Crippen molar-refractivity contribution in [1.82, 2.24) is 4.98 Å². The van der Waals surface area contributed by atoms with E-state index >= 15 is 0 Å². The Bertz CT molecular complexity index is 1070. The summed E-state index contributed by atoms with van der Waals surface area (Å²) in [5, 5.41) is 13.4. The van der Waals surface area contributed by atoms with Gasteiger partial charge in [-0.15, -0.1) is 11.3 Å². The highest BCUT2D eigenvalue weighted by molar-refractivity contribution is 8.01. The van der Waals surface area contributed by atoms with Gasteiger partial charge in [-0.3, -0.25) is 14.9 Å². The van der Waals surface area contributed by atoms with Gasteiger partial charge in [0.1, 0.15) is 0 Å². The van der Waals surface area contributed by atoms with Gasteiger partial charge in [0.05, 0.1) is 32.1 Å². The number of halogens is 4. The van der Waals surface area contributed by atoms with Crippen molar-refractivity contribution >= 4 is 62.2 Å². The van der Waals surface area contributed by atoms with Crippen molar-refractivity contribution in [2.75, 3.05) is 11.1 Å². The monoisotopic (exact) mass is 447 g/mol. The highest BCUT2D eigenvalue weighted by Crippen LogP contribution is 2.37. The van der Waals surface area contributed by atoms with E-state index in [-0.39, 0.29) is 5.75 Å². The van der Waals surface area contributed by atoms with Crippen LogP contribution in [0.2, 0.25) is 5.02 Å². The van der Waals surface area contributed by atoms with Crippen molar-refractivity contribution < 1.29 is 22.9 Å². The van der Waals surface area contributed by atoms with Crippen LogP contribution < -0.4 is 5.32 Å². The molecule has 146 valence electrons. The molecular formula is C16H9ClF3N3O3S2. The molecule has 0 atom stereocenters. The van der Waals surface area contributed by atoms with Gasteiger partial charge < -0.3 is 5.32 Å². The molecule has 1 aromatic heterocycles. The highest BCUT2D eigenvalue weighted by atomic mass is 35.5. The summed E-state index contributed by atoms with van der Waals surface area (Å²) < 4.78 is 40.9. The Morgan fingerprint density at radius 2 is 2.04 bits per heavy atom. The molecular weight excluding hydrogens is 439 g/mol.